The van der Waals surface area contributed by atoms with Crippen LogP contribution < -0.4 is 0 Å². The van der Waals surface area contributed by atoms with E-state index in [2.05, 4.69) is 41.5 Å². The second-order valence-electron chi connectivity index (χ2n) is 6.51. The Hall–Kier alpha value is -0.0400. The quantitative estimate of drug-likeness (QED) is 0.480. The van der Waals surface area contributed by atoms with E-state index in [9.17, 15) is 0 Å². The van der Waals surface area contributed by atoms with Gasteiger partial charge >= 0.3 is 0 Å². The van der Waals surface area contributed by atoms with Crippen molar-refractivity contribution in [3.05, 3.63) is 0 Å². The van der Waals surface area contributed by atoms with Crippen LogP contribution in [0.5, 0.6) is 0 Å². The molecular formula is C16H34O. The number of hydrogen-bond donors (Lipinski definition) is 0. The molecule has 0 spiro atoms. The first kappa shape index (κ1) is 17.0. The molecule has 0 aliphatic heterocycles. The van der Waals surface area contributed by atoms with Crippen LogP contribution in [0.3, 0.4) is 0 Å². The van der Waals surface area contributed by atoms with Gasteiger partial charge in [0.15, 0.2) is 0 Å². The summed E-state index contributed by atoms with van der Waals surface area (Å²) >= 11 is 0. The molecule has 0 radical (unpaired) electrons. The molecule has 0 bridgehead atoms. The van der Waals surface area contributed by atoms with Crippen LogP contribution in [-0.4, -0.2) is 12.2 Å². The SMILES string of the molecule is CCCCCCCCC(C)OC(C)C(C)(C)C. The van der Waals surface area contributed by atoms with Crippen LogP contribution >= 0.6 is 0 Å². The van der Waals surface area contributed by atoms with Gasteiger partial charge in [0.1, 0.15) is 0 Å². The summed E-state index contributed by atoms with van der Waals surface area (Å²) < 4.78 is 6.04. The maximum atomic E-state index is 6.04. The smallest absolute Gasteiger partial charge is 0.0598 e. The van der Waals surface area contributed by atoms with Crippen molar-refractivity contribution in [3.8, 4) is 0 Å². The molecule has 0 heterocycles. The second-order valence-corrected chi connectivity index (χ2v) is 6.51. The van der Waals surface area contributed by atoms with Crippen molar-refractivity contribution >= 4 is 0 Å². The summed E-state index contributed by atoms with van der Waals surface area (Å²) in [5.74, 6) is 0. The van der Waals surface area contributed by atoms with Gasteiger partial charge in [-0.25, -0.2) is 0 Å². The van der Waals surface area contributed by atoms with E-state index in [4.69, 9.17) is 4.74 Å². The third-order valence-corrected chi connectivity index (χ3v) is 3.62. The van der Waals surface area contributed by atoms with E-state index in [1.165, 1.54) is 44.9 Å². The van der Waals surface area contributed by atoms with Gasteiger partial charge in [-0.05, 0) is 25.7 Å². The van der Waals surface area contributed by atoms with E-state index in [0.717, 1.165) is 0 Å². The molecule has 0 aromatic heterocycles. The zero-order chi connectivity index (χ0) is 13.3. The van der Waals surface area contributed by atoms with E-state index >= 15 is 0 Å². The molecule has 2 unspecified atom stereocenters. The fourth-order valence-electron chi connectivity index (χ4n) is 1.83. The second kappa shape index (κ2) is 8.97. The Balaban J connectivity index is 3.50. The Morgan fingerprint density at radius 1 is 0.882 bits per heavy atom. The maximum absolute atomic E-state index is 6.04. The molecule has 0 aromatic rings. The first-order chi connectivity index (χ1) is 7.88. The summed E-state index contributed by atoms with van der Waals surface area (Å²) in [6.07, 6.45) is 10.2. The maximum Gasteiger partial charge on any atom is 0.0598 e. The molecule has 0 N–H and O–H groups in total. The molecule has 17 heavy (non-hydrogen) atoms. The van der Waals surface area contributed by atoms with Gasteiger partial charge in [0.25, 0.3) is 0 Å². The Labute approximate surface area is 109 Å². The van der Waals surface area contributed by atoms with E-state index in [1.807, 2.05) is 0 Å². The molecule has 1 nitrogen and oxygen atoms in total. The standard InChI is InChI=1S/C16H34O/c1-7-8-9-10-11-12-13-14(2)17-15(3)16(4,5)6/h14-15H,7-13H2,1-6H3. The van der Waals surface area contributed by atoms with Gasteiger partial charge < -0.3 is 4.74 Å². The lowest BCUT2D eigenvalue weighted by Crippen LogP contribution is -2.29. The van der Waals surface area contributed by atoms with Gasteiger partial charge in [-0.2, -0.15) is 0 Å². The van der Waals surface area contributed by atoms with Crippen LogP contribution in [0.25, 0.3) is 0 Å². The molecule has 1 heteroatoms. The van der Waals surface area contributed by atoms with Crippen LogP contribution in [0.2, 0.25) is 0 Å². The molecule has 0 aromatic carbocycles. The average molecular weight is 242 g/mol. The van der Waals surface area contributed by atoms with Crippen molar-refractivity contribution in [2.45, 2.75) is 98.7 Å². The Morgan fingerprint density at radius 2 is 1.41 bits per heavy atom. The fraction of sp³-hybridized carbons (Fsp3) is 1.00. The molecule has 0 saturated heterocycles. The van der Waals surface area contributed by atoms with E-state index in [-0.39, 0.29) is 5.41 Å². The van der Waals surface area contributed by atoms with Crippen LogP contribution in [0.1, 0.15) is 86.5 Å². The predicted octanol–water partition coefficient (Wildman–Crippen LogP) is 5.58. The van der Waals surface area contributed by atoms with Crippen LogP contribution in [0.15, 0.2) is 0 Å². The lowest BCUT2D eigenvalue weighted by Gasteiger charge is -2.30. The molecule has 0 saturated carbocycles. The lowest BCUT2D eigenvalue weighted by atomic mass is 9.90. The summed E-state index contributed by atoms with van der Waals surface area (Å²) in [4.78, 5) is 0. The largest absolute Gasteiger partial charge is 0.375 e. The normalized spacial score (nSPS) is 15.9. The molecule has 0 aliphatic carbocycles. The minimum atomic E-state index is 0.259. The minimum absolute atomic E-state index is 0.259. The Bertz CT molecular complexity index is 169. The third-order valence-electron chi connectivity index (χ3n) is 3.62. The van der Waals surface area contributed by atoms with Gasteiger partial charge in [-0.3, -0.25) is 0 Å². The summed E-state index contributed by atoms with van der Waals surface area (Å²) in [6.45, 7) is 13.4. The molecule has 0 amide bonds. The van der Waals surface area contributed by atoms with Gasteiger partial charge in [0.05, 0.1) is 12.2 Å². The van der Waals surface area contributed by atoms with Crippen LogP contribution in [0.4, 0.5) is 0 Å². The van der Waals surface area contributed by atoms with Gasteiger partial charge in [0, 0.05) is 0 Å². The van der Waals surface area contributed by atoms with Crippen molar-refractivity contribution in [3.63, 3.8) is 0 Å². The van der Waals surface area contributed by atoms with Crippen molar-refractivity contribution in [2.75, 3.05) is 0 Å². The number of ether oxygens (including phenoxy) is 1. The van der Waals surface area contributed by atoms with Crippen LogP contribution in [0, 0.1) is 5.41 Å². The molecule has 0 aliphatic rings. The first-order valence-electron chi connectivity index (χ1n) is 7.53. The fourth-order valence-corrected chi connectivity index (χ4v) is 1.83. The number of unbranched alkanes of at least 4 members (excludes halogenated alkanes) is 5. The molecule has 104 valence electrons. The zero-order valence-corrected chi connectivity index (χ0v) is 13.0. The highest BCUT2D eigenvalue weighted by molar-refractivity contribution is 4.71. The summed E-state index contributed by atoms with van der Waals surface area (Å²) in [6, 6.07) is 0. The van der Waals surface area contributed by atoms with Crippen LogP contribution in [-0.2, 0) is 4.74 Å². The highest BCUT2D eigenvalue weighted by atomic mass is 16.5. The molecular weight excluding hydrogens is 208 g/mol. The van der Waals surface area contributed by atoms with Crippen molar-refractivity contribution in [1.82, 2.24) is 0 Å². The summed E-state index contributed by atoms with van der Waals surface area (Å²) in [7, 11) is 0. The van der Waals surface area contributed by atoms with E-state index in [0.29, 0.717) is 12.2 Å². The third kappa shape index (κ3) is 9.64. The number of hydrogen-bond acceptors (Lipinski definition) is 1. The first-order valence-corrected chi connectivity index (χ1v) is 7.53. The van der Waals surface area contributed by atoms with E-state index < -0.39 is 0 Å². The Morgan fingerprint density at radius 3 is 1.94 bits per heavy atom. The number of rotatable bonds is 9. The highest BCUT2D eigenvalue weighted by Crippen LogP contribution is 2.24. The minimum Gasteiger partial charge on any atom is -0.375 e. The van der Waals surface area contributed by atoms with Crippen molar-refractivity contribution < 1.29 is 4.74 Å². The van der Waals surface area contributed by atoms with Crippen molar-refractivity contribution in [1.29, 1.82) is 0 Å². The zero-order valence-electron chi connectivity index (χ0n) is 13.0. The highest BCUT2D eigenvalue weighted by Gasteiger charge is 2.22. The van der Waals surface area contributed by atoms with Gasteiger partial charge in [0.2, 0.25) is 0 Å². The Kier molecular flexibility index (Phi) is 8.94. The summed E-state index contributed by atoms with van der Waals surface area (Å²) in [5, 5.41) is 0. The lowest BCUT2D eigenvalue weighted by molar-refractivity contribution is -0.0513. The van der Waals surface area contributed by atoms with Gasteiger partial charge in [-0.1, -0.05) is 66.2 Å². The van der Waals surface area contributed by atoms with Gasteiger partial charge in [-0.15, -0.1) is 0 Å². The predicted molar refractivity (Wildman–Crippen MR) is 77.5 cm³/mol. The summed E-state index contributed by atoms with van der Waals surface area (Å²) in [5.41, 5.74) is 0.259. The molecule has 0 rings (SSSR count). The monoisotopic (exact) mass is 242 g/mol. The molecule has 0 fully saturated rings. The average Bonchev–Trinajstić information content (AvgIpc) is 2.21. The topological polar surface area (TPSA) is 9.23 Å². The van der Waals surface area contributed by atoms with Crippen molar-refractivity contribution in [2.24, 2.45) is 5.41 Å². The van der Waals surface area contributed by atoms with E-state index in [1.54, 1.807) is 0 Å². The molecule has 2 atom stereocenters.